The van der Waals surface area contributed by atoms with Gasteiger partial charge in [0.15, 0.2) is 0 Å². The Morgan fingerprint density at radius 3 is 2.64 bits per heavy atom. The second kappa shape index (κ2) is 7.63. The molecule has 0 unspecified atom stereocenters. The lowest BCUT2D eigenvalue weighted by Gasteiger charge is -2.29. The number of aryl methyl sites for hydroxylation is 1. The van der Waals surface area contributed by atoms with Gasteiger partial charge in [-0.1, -0.05) is 30.3 Å². The highest BCUT2D eigenvalue weighted by atomic mass is 32.2. The van der Waals surface area contributed by atoms with E-state index in [1.54, 1.807) is 15.3 Å². The van der Waals surface area contributed by atoms with Gasteiger partial charge in [-0.15, -0.1) is 0 Å². The maximum Gasteiger partial charge on any atom is 0.223 e. The summed E-state index contributed by atoms with van der Waals surface area (Å²) < 4.78 is 27.3. The van der Waals surface area contributed by atoms with E-state index in [0.29, 0.717) is 39.0 Å². The quantitative estimate of drug-likeness (QED) is 0.722. The Hall–Kier alpha value is -2.26. The summed E-state index contributed by atoms with van der Waals surface area (Å²) in [5, 5.41) is 4.07. The molecule has 0 spiro atoms. The minimum absolute atomic E-state index is 0.0724. The molecule has 1 aromatic heterocycles. The number of fused-ring (bicyclic) bond motifs is 1. The maximum atomic E-state index is 13.0. The standard InChI is InChI=1S/C19H25N5O3S/c1-28(26,27)23-10-16-11-24(18(25)8-5-9-22-14-20-13-21-22)19(17(16)12-23)15-6-3-2-4-7-15/h2-4,6-7,13-14,16-17,19H,5,8-12H2,1H3/t16-,17-,19+/m0/s1. The predicted molar refractivity (Wildman–Crippen MR) is 104 cm³/mol. The molecule has 9 heteroatoms. The van der Waals surface area contributed by atoms with Crippen molar-refractivity contribution < 1.29 is 13.2 Å². The molecular weight excluding hydrogens is 378 g/mol. The van der Waals surface area contributed by atoms with Crippen LogP contribution in [0.1, 0.15) is 24.4 Å². The molecule has 2 fully saturated rings. The van der Waals surface area contributed by atoms with E-state index in [1.807, 2.05) is 35.2 Å². The Morgan fingerprint density at radius 2 is 1.96 bits per heavy atom. The van der Waals surface area contributed by atoms with Crippen molar-refractivity contribution in [3.8, 4) is 0 Å². The van der Waals surface area contributed by atoms with Crippen molar-refractivity contribution in [3.05, 3.63) is 48.5 Å². The summed E-state index contributed by atoms with van der Waals surface area (Å²) >= 11 is 0. The zero-order chi connectivity index (χ0) is 19.7. The van der Waals surface area contributed by atoms with Crippen molar-refractivity contribution >= 4 is 15.9 Å². The number of carbonyl (C=O) groups excluding carboxylic acids is 1. The van der Waals surface area contributed by atoms with E-state index in [4.69, 9.17) is 0 Å². The second-order valence-corrected chi connectivity index (χ2v) is 9.65. The second-order valence-electron chi connectivity index (χ2n) is 7.67. The summed E-state index contributed by atoms with van der Waals surface area (Å²) in [6, 6.07) is 9.89. The van der Waals surface area contributed by atoms with E-state index in [0.717, 1.165) is 5.56 Å². The van der Waals surface area contributed by atoms with Gasteiger partial charge >= 0.3 is 0 Å². The van der Waals surface area contributed by atoms with Crippen LogP contribution in [0.5, 0.6) is 0 Å². The molecule has 0 aliphatic carbocycles. The third kappa shape index (κ3) is 3.81. The maximum absolute atomic E-state index is 13.0. The normalized spacial score (nSPS) is 25.2. The molecule has 3 atom stereocenters. The van der Waals surface area contributed by atoms with E-state index in [1.165, 1.54) is 12.6 Å². The topological polar surface area (TPSA) is 88.4 Å². The molecule has 28 heavy (non-hydrogen) atoms. The number of aromatic nitrogens is 3. The van der Waals surface area contributed by atoms with E-state index in [2.05, 4.69) is 10.1 Å². The van der Waals surface area contributed by atoms with Crippen LogP contribution in [0.2, 0.25) is 0 Å². The van der Waals surface area contributed by atoms with Crippen molar-refractivity contribution in [1.82, 2.24) is 24.0 Å². The van der Waals surface area contributed by atoms with Crippen LogP contribution >= 0.6 is 0 Å². The molecule has 2 aliphatic rings. The van der Waals surface area contributed by atoms with Gasteiger partial charge in [-0.25, -0.2) is 17.7 Å². The van der Waals surface area contributed by atoms with E-state index in [-0.39, 0.29) is 23.8 Å². The Kier molecular flexibility index (Phi) is 5.20. The van der Waals surface area contributed by atoms with Crippen LogP contribution in [-0.2, 0) is 21.4 Å². The summed E-state index contributed by atoms with van der Waals surface area (Å²) in [6.45, 7) is 2.24. The van der Waals surface area contributed by atoms with Gasteiger partial charge in [0.2, 0.25) is 15.9 Å². The van der Waals surface area contributed by atoms with E-state index >= 15 is 0 Å². The minimum Gasteiger partial charge on any atom is -0.335 e. The molecule has 1 amide bonds. The van der Waals surface area contributed by atoms with Gasteiger partial charge in [0.05, 0.1) is 12.3 Å². The van der Waals surface area contributed by atoms with Crippen molar-refractivity contribution in [2.75, 3.05) is 25.9 Å². The fourth-order valence-corrected chi connectivity index (χ4v) is 5.40. The van der Waals surface area contributed by atoms with E-state index in [9.17, 15) is 13.2 Å². The number of hydrogen-bond donors (Lipinski definition) is 0. The van der Waals surface area contributed by atoms with Crippen LogP contribution < -0.4 is 0 Å². The molecule has 0 N–H and O–H groups in total. The Labute approximate surface area is 165 Å². The van der Waals surface area contributed by atoms with E-state index < -0.39 is 10.0 Å². The zero-order valence-corrected chi connectivity index (χ0v) is 16.7. The molecule has 4 rings (SSSR count). The van der Waals surface area contributed by atoms with Gasteiger partial charge < -0.3 is 4.90 Å². The van der Waals surface area contributed by atoms with Crippen LogP contribution in [-0.4, -0.2) is 64.2 Å². The molecule has 0 bridgehead atoms. The minimum atomic E-state index is -3.21. The van der Waals surface area contributed by atoms with Crippen molar-refractivity contribution in [1.29, 1.82) is 0 Å². The molecule has 0 saturated carbocycles. The number of hydrogen-bond acceptors (Lipinski definition) is 5. The highest BCUT2D eigenvalue weighted by Gasteiger charge is 2.50. The van der Waals surface area contributed by atoms with Crippen molar-refractivity contribution in [2.45, 2.75) is 25.4 Å². The molecule has 1 aromatic carbocycles. The fourth-order valence-electron chi connectivity index (χ4n) is 4.49. The first-order valence-electron chi connectivity index (χ1n) is 9.55. The van der Waals surface area contributed by atoms with Gasteiger partial charge in [0.1, 0.15) is 12.7 Å². The summed E-state index contributed by atoms with van der Waals surface area (Å²) in [4.78, 5) is 18.9. The average molecular weight is 404 g/mol. The number of sulfonamides is 1. The summed E-state index contributed by atoms with van der Waals surface area (Å²) in [6.07, 6.45) is 5.54. The summed E-state index contributed by atoms with van der Waals surface area (Å²) in [5.41, 5.74) is 1.08. The number of likely N-dealkylation sites (tertiary alicyclic amines) is 1. The third-order valence-electron chi connectivity index (χ3n) is 5.81. The number of carbonyl (C=O) groups is 1. The highest BCUT2D eigenvalue weighted by molar-refractivity contribution is 7.88. The van der Waals surface area contributed by atoms with Crippen LogP contribution in [0.25, 0.3) is 0 Å². The monoisotopic (exact) mass is 403 g/mol. The highest BCUT2D eigenvalue weighted by Crippen LogP contribution is 2.45. The fraction of sp³-hybridized carbons (Fsp3) is 0.526. The van der Waals surface area contributed by atoms with Gasteiger partial charge in [-0.3, -0.25) is 9.48 Å². The number of benzene rings is 1. The molecule has 0 radical (unpaired) electrons. The molecule has 8 nitrogen and oxygen atoms in total. The predicted octanol–water partition coefficient (Wildman–Crippen LogP) is 1.15. The van der Waals surface area contributed by atoms with Crippen LogP contribution in [0.15, 0.2) is 43.0 Å². The number of nitrogens with zero attached hydrogens (tertiary/aromatic N) is 5. The smallest absolute Gasteiger partial charge is 0.223 e. The van der Waals surface area contributed by atoms with Crippen LogP contribution in [0, 0.1) is 11.8 Å². The summed E-state index contributed by atoms with van der Waals surface area (Å²) in [7, 11) is -3.21. The SMILES string of the molecule is CS(=O)(=O)N1C[C@H]2CN(C(=O)CCCn3cncn3)[C@H](c3ccccc3)[C@H]2C1. The van der Waals surface area contributed by atoms with Gasteiger partial charge in [-0.2, -0.15) is 5.10 Å². The molecule has 2 aromatic rings. The average Bonchev–Trinajstić information content (AvgIpc) is 3.37. The third-order valence-corrected chi connectivity index (χ3v) is 7.04. The number of rotatable bonds is 6. The van der Waals surface area contributed by atoms with Gasteiger partial charge in [0, 0.05) is 38.5 Å². The van der Waals surface area contributed by atoms with Gasteiger partial charge in [-0.05, 0) is 17.9 Å². The molecule has 2 aliphatic heterocycles. The van der Waals surface area contributed by atoms with Crippen LogP contribution in [0.3, 0.4) is 0 Å². The van der Waals surface area contributed by atoms with Crippen molar-refractivity contribution in [2.24, 2.45) is 11.8 Å². The lowest BCUT2D eigenvalue weighted by atomic mass is 9.89. The Bertz CT molecular complexity index is 916. The molecular formula is C19H25N5O3S. The first-order chi connectivity index (χ1) is 13.4. The summed E-state index contributed by atoms with van der Waals surface area (Å²) in [5.74, 6) is 0.435. The largest absolute Gasteiger partial charge is 0.335 e. The Balaban J connectivity index is 1.49. The Morgan fingerprint density at radius 1 is 1.18 bits per heavy atom. The molecule has 2 saturated heterocycles. The number of amides is 1. The first-order valence-corrected chi connectivity index (χ1v) is 11.4. The lowest BCUT2D eigenvalue weighted by molar-refractivity contribution is -0.132. The van der Waals surface area contributed by atoms with Crippen LogP contribution in [0.4, 0.5) is 0 Å². The zero-order valence-electron chi connectivity index (χ0n) is 15.9. The molecule has 150 valence electrons. The van der Waals surface area contributed by atoms with Gasteiger partial charge in [0.25, 0.3) is 0 Å². The lowest BCUT2D eigenvalue weighted by Crippen LogP contribution is -2.37. The molecule has 3 heterocycles. The first kappa shape index (κ1) is 19.1. The van der Waals surface area contributed by atoms with Crippen molar-refractivity contribution in [3.63, 3.8) is 0 Å².